The van der Waals surface area contributed by atoms with Gasteiger partial charge < -0.3 is 15.0 Å². The summed E-state index contributed by atoms with van der Waals surface area (Å²) in [6.45, 7) is 13.2. The summed E-state index contributed by atoms with van der Waals surface area (Å²) in [6, 6.07) is 12.8. The standard InChI is InChI=1S/C35H41ClN2O4/c1-7-14-38-25-16-34(3,4)18-27(39)32(25)31(33-26(38)17-35(5,6)19-28(33)40)24-15-22(36)10-13-29(24)42-20-30(41)37-23-11-8-21(2)9-12-23/h8-13,15,31H,7,14,16-20H2,1-6H3,(H,37,41). The molecule has 6 nitrogen and oxygen atoms in total. The third-order valence-corrected chi connectivity index (χ3v) is 8.68. The number of aryl methyl sites for hydroxylation is 1. The smallest absolute Gasteiger partial charge is 0.262 e. The maximum Gasteiger partial charge on any atom is 0.262 e. The number of carbonyl (C=O) groups excluding carboxylic acids is 3. The SMILES string of the molecule is CCCN1C2=C(C(=O)CC(C)(C)C2)C(c2cc(Cl)ccc2OCC(=O)Nc2ccc(C)cc2)C2=C1CC(C)(C)CC2=O. The van der Waals surface area contributed by atoms with Gasteiger partial charge in [-0.25, -0.2) is 0 Å². The molecule has 0 spiro atoms. The van der Waals surface area contributed by atoms with Crippen molar-refractivity contribution in [3.05, 3.63) is 81.2 Å². The van der Waals surface area contributed by atoms with E-state index in [9.17, 15) is 14.4 Å². The molecule has 1 aliphatic heterocycles. The highest BCUT2D eigenvalue weighted by molar-refractivity contribution is 6.30. The zero-order valence-electron chi connectivity index (χ0n) is 25.5. The molecule has 7 heteroatoms. The van der Waals surface area contributed by atoms with Crippen LogP contribution in [0.2, 0.25) is 5.02 Å². The van der Waals surface area contributed by atoms with E-state index in [2.05, 4.69) is 44.8 Å². The minimum absolute atomic E-state index is 0.0552. The van der Waals surface area contributed by atoms with Gasteiger partial charge in [0.2, 0.25) is 0 Å². The van der Waals surface area contributed by atoms with Crippen molar-refractivity contribution in [1.29, 1.82) is 0 Å². The molecule has 1 amide bonds. The van der Waals surface area contributed by atoms with Crippen molar-refractivity contribution >= 4 is 34.8 Å². The Morgan fingerprint density at radius 1 is 0.929 bits per heavy atom. The summed E-state index contributed by atoms with van der Waals surface area (Å²) in [7, 11) is 0. The van der Waals surface area contributed by atoms with Gasteiger partial charge in [0.15, 0.2) is 18.2 Å². The number of halogens is 1. The van der Waals surface area contributed by atoms with Crippen molar-refractivity contribution in [1.82, 2.24) is 4.90 Å². The zero-order valence-corrected chi connectivity index (χ0v) is 26.3. The first kappa shape index (κ1) is 30.1. The first-order valence-corrected chi connectivity index (χ1v) is 15.3. The molecule has 1 heterocycles. The monoisotopic (exact) mass is 588 g/mol. The topological polar surface area (TPSA) is 75.7 Å². The van der Waals surface area contributed by atoms with Gasteiger partial charge in [0.05, 0.1) is 0 Å². The molecular formula is C35H41ClN2O4. The van der Waals surface area contributed by atoms with Crippen LogP contribution in [-0.4, -0.2) is 35.5 Å². The number of anilines is 1. The van der Waals surface area contributed by atoms with Crippen LogP contribution in [0.1, 0.15) is 83.8 Å². The van der Waals surface area contributed by atoms with E-state index in [0.717, 1.165) is 42.8 Å². The first-order chi connectivity index (χ1) is 19.8. The third-order valence-electron chi connectivity index (χ3n) is 8.45. The minimum Gasteiger partial charge on any atom is -0.483 e. The van der Waals surface area contributed by atoms with Gasteiger partial charge in [0.25, 0.3) is 5.91 Å². The highest BCUT2D eigenvalue weighted by Crippen LogP contribution is 2.55. The summed E-state index contributed by atoms with van der Waals surface area (Å²) in [5.74, 6) is -0.340. The second-order valence-electron chi connectivity index (χ2n) is 13.6. The summed E-state index contributed by atoms with van der Waals surface area (Å²) >= 11 is 6.56. The van der Waals surface area contributed by atoms with Gasteiger partial charge in [-0.05, 0) is 67.3 Å². The molecular weight excluding hydrogens is 548 g/mol. The van der Waals surface area contributed by atoms with Gasteiger partial charge in [-0.3, -0.25) is 14.4 Å². The lowest BCUT2D eigenvalue weighted by molar-refractivity contribution is -0.120. The molecule has 1 N–H and O–H groups in total. The Hall–Kier alpha value is -3.38. The van der Waals surface area contributed by atoms with E-state index >= 15 is 0 Å². The molecule has 2 aromatic carbocycles. The van der Waals surface area contributed by atoms with Crippen LogP contribution in [0, 0.1) is 17.8 Å². The van der Waals surface area contributed by atoms with E-state index in [1.807, 2.05) is 31.2 Å². The molecule has 5 rings (SSSR count). The Labute approximate surface area is 254 Å². The van der Waals surface area contributed by atoms with Crippen LogP contribution in [0.3, 0.4) is 0 Å². The van der Waals surface area contributed by atoms with E-state index in [-0.39, 0.29) is 34.9 Å². The van der Waals surface area contributed by atoms with Gasteiger partial charge in [-0.2, -0.15) is 0 Å². The highest BCUT2D eigenvalue weighted by atomic mass is 35.5. The Bertz CT molecular complexity index is 1450. The van der Waals surface area contributed by atoms with Gasteiger partial charge >= 0.3 is 0 Å². The van der Waals surface area contributed by atoms with Crippen LogP contribution in [-0.2, 0) is 14.4 Å². The maximum absolute atomic E-state index is 14.0. The number of amides is 1. The van der Waals surface area contributed by atoms with Crippen molar-refractivity contribution in [2.24, 2.45) is 10.8 Å². The first-order valence-electron chi connectivity index (χ1n) is 14.9. The summed E-state index contributed by atoms with van der Waals surface area (Å²) in [5.41, 5.74) is 5.42. The largest absolute Gasteiger partial charge is 0.483 e. The van der Waals surface area contributed by atoms with Crippen molar-refractivity contribution in [2.45, 2.75) is 79.6 Å². The van der Waals surface area contributed by atoms with E-state index in [1.165, 1.54) is 0 Å². The molecule has 0 atom stereocenters. The predicted octanol–water partition coefficient (Wildman–Crippen LogP) is 7.76. The number of Topliss-reactive ketones (excluding diaryl/α,β-unsaturated/α-hetero) is 2. The van der Waals surface area contributed by atoms with Crippen LogP contribution in [0.15, 0.2) is 65.0 Å². The second kappa shape index (κ2) is 11.4. The number of ketones is 2. The lowest BCUT2D eigenvalue weighted by Crippen LogP contribution is -2.44. The molecule has 222 valence electrons. The fourth-order valence-corrected chi connectivity index (χ4v) is 6.89. The molecule has 3 aliphatic rings. The van der Waals surface area contributed by atoms with Gasteiger partial charge in [0.1, 0.15) is 5.75 Å². The number of nitrogens with one attached hydrogen (secondary N) is 1. The number of rotatable bonds is 7. The Kier molecular flexibility index (Phi) is 8.14. The number of ether oxygens (including phenoxy) is 1. The molecule has 0 unspecified atom stereocenters. The van der Waals surface area contributed by atoms with Crippen LogP contribution in [0.5, 0.6) is 5.75 Å². The Morgan fingerprint density at radius 3 is 2.05 bits per heavy atom. The zero-order chi connectivity index (χ0) is 30.4. The van der Waals surface area contributed by atoms with Gasteiger partial charge in [-0.1, -0.05) is 63.9 Å². The maximum atomic E-state index is 14.0. The number of carbonyl (C=O) groups is 3. The Balaban J connectivity index is 1.60. The van der Waals surface area contributed by atoms with Gasteiger partial charge in [-0.15, -0.1) is 0 Å². The summed E-state index contributed by atoms with van der Waals surface area (Å²) < 4.78 is 6.14. The van der Waals surface area contributed by atoms with Crippen molar-refractivity contribution < 1.29 is 19.1 Å². The van der Waals surface area contributed by atoms with E-state index in [1.54, 1.807) is 18.2 Å². The molecule has 0 fully saturated rings. The molecule has 2 aromatic rings. The number of allylic oxidation sites excluding steroid dienone is 4. The Morgan fingerprint density at radius 2 is 1.50 bits per heavy atom. The minimum atomic E-state index is -0.593. The van der Waals surface area contributed by atoms with Crippen molar-refractivity contribution in [3.8, 4) is 5.75 Å². The van der Waals surface area contributed by atoms with Gasteiger partial charge in [0, 0.05) is 64.1 Å². The van der Waals surface area contributed by atoms with E-state index in [0.29, 0.717) is 46.0 Å². The molecule has 0 aromatic heterocycles. The summed E-state index contributed by atoms with van der Waals surface area (Å²) in [4.78, 5) is 43.2. The summed E-state index contributed by atoms with van der Waals surface area (Å²) in [6.07, 6.45) is 3.18. The lowest BCUT2D eigenvalue weighted by Gasteiger charge is -2.49. The molecule has 0 bridgehead atoms. The number of benzene rings is 2. The number of nitrogens with zero attached hydrogens (tertiary/aromatic N) is 1. The average Bonchev–Trinajstić information content (AvgIpc) is 2.88. The van der Waals surface area contributed by atoms with Crippen LogP contribution >= 0.6 is 11.6 Å². The molecule has 42 heavy (non-hydrogen) atoms. The fourth-order valence-electron chi connectivity index (χ4n) is 6.71. The van der Waals surface area contributed by atoms with E-state index < -0.39 is 5.92 Å². The van der Waals surface area contributed by atoms with Crippen molar-refractivity contribution in [3.63, 3.8) is 0 Å². The average molecular weight is 589 g/mol. The number of hydrogen-bond donors (Lipinski definition) is 1. The molecule has 2 aliphatic carbocycles. The number of hydrogen-bond acceptors (Lipinski definition) is 5. The third kappa shape index (κ3) is 6.05. The van der Waals surface area contributed by atoms with Crippen molar-refractivity contribution in [2.75, 3.05) is 18.5 Å². The predicted molar refractivity (Wildman–Crippen MR) is 167 cm³/mol. The summed E-state index contributed by atoms with van der Waals surface area (Å²) in [5, 5.41) is 3.35. The van der Waals surface area contributed by atoms with E-state index in [4.69, 9.17) is 16.3 Å². The molecule has 0 saturated heterocycles. The van der Waals surface area contributed by atoms with Crippen LogP contribution in [0.4, 0.5) is 5.69 Å². The normalized spacial score (nSPS) is 19.9. The van der Waals surface area contributed by atoms with Crippen LogP contribution < -0.4 is 10.1 Å². The highest BCUT2D eigenvalue weighted by Gasteiger charge is 2.49. The second-order valence-corrected chi connectivity index (χ2v) is 14.0. The molecule has 0 saturated carbocycles. The molecule has 0 radical (unpaired) electrons. The fraction of sp³-hybridized carbons (Fsp3) is 0.457. The lowest BCUT2D eigenvalue weighted by atomic mass is 9.63. The van der Waals surface area contributed by atoms with Crippen LogP contribution in [0.25, 0.3) is 0 Å². The quantitative estimate of drug-likeness (QED) is 0.358.